The monoisotopic (exact) mass is 387 g/mol. The van der Waals surface area contributed by atoms with Crippen LogP contribution in [0.4, 0.5) is 5.13 Å². The number of nitrogens with one attached hydrogen (secondary N) is 2. The molecule has 1 fully saturated rings. The Morgan fingerprint density at radius 2 is 2.29 bits per heavy atom. The van der Waals surface area contributed by atoms with E-state index >= 15 is 0 Å². The van der Waals surface area contributed by atoms with Crippen LogP contribution in [0.15, 0.2) is 4.34 Å². The zero-order valence-electron chi connectivity index (χ0n) is 14.6. The number of thioether (sulfide) groups is 1. The maximum Gasteiger partial charge on any atom is 0.226 e. The van der Waals surface area contributed by atoms with E-state index in [2.05, 4.69) is 53.4 Å². The van der Waals surface area contributed by atoms with E-state index in [0.29, 0.717) is 17.6 Å². The van der Waals surface area contributed by atoms with Crippen LogP contribution in [0.2, 0.25) is 0 Å². The van der Waals surface area contributed by atoms with Crippen LogP contribution in [0.5, 0.6) is 0 Å². The van der Waals surface area contributed by atoms with Gasteiger partial charge in [-0.25, -0.2) is 0 Å². The number of carbonyl (C=O) groups excluding carboxylic acids is 1. The highest BCUT2D eigenvalue weighted by Crippen LogP contribution is 2.25. The molecule has 1 saturated heterocycles. The first-order valence-electron chi connectivity index (χ1n) is 8.15. The minimum absolute atomic E-state index is 0.0249. The van der Waals surface area contributed by atoms with Gasteiger partial charge in [0.05, 0.1) is 0 Å². The van der Waals surface area contributed by atoms with E-state index in [1.54, 1.807) is 11.8 Å². The molecule has 1 aliphatic rings. The summed E-state index contributed by atoms with van der Waals surface area (Å²) < 4.78 is 0.883. The topological polar surface area (TPSA) is 70.2 Å². The van der Waals surface area contributed by atoms with Gasteiger partial charge in [-0.3, -0.25) is 4.79 Å². The quantitative estimate of drug-likeness (QED) is 0.423. The summed E-state index contributed by atoms with van der Waals surface area (Å²) in [6.07, 6.45) is 2.24. The van der Waals surface area contributed by atoms with Crippen LogP contribution in [0.3, 0.4) is 0 Å². The van der Waals surface area contributed by atoms with Crippen molar-refractivity contribution in [3.63, 3.8) is 0 Å². The molecule has 24 heavy (non-hydrogen) atoms. The van der Waals surface area contributed by atoms with Crippen LogP contribution in [0.1, 0.15) is 47.0 Å². The number of rotatable bonds is 7. The third-order valence-corrected chi connectivity index (χ3v) is 5.96. The number of aromatic nitrogens is 2. The second-order valence-corrected chi connectivity index (χ2v) is 9.39. The van der Waals surface area contributed by atoms with Gasteiger partial charge in [0.25, 0.3) is 0 Å². The molecule has 2 N–H and O–H groups in total. The van der Waals surface area contributed by atoms with Crippen LogP contribution in [0, 0.1) is 0 Å². The molecule has 0 aromatic carbocycles. The first kappa shape index (κ1) is 19.4. The van der Waals surface area contributed by atoms with Crippen molar-refractivity contribution in [2.45, 2.75) is 62.9 Å². The summed E-state index contributed by atoms with van der Waals surface area (Å²) in [5.74, 6) is 0.921. The van der Waals surface area contributed by atoms with Crippen molar-refractivity contribution < 1.29 is 4.79 Å². The molecule has 2 rings (SSSR count). The van der Waals surface area contributed by atoms with Gasteiger partial charge < -0.3 is 15.5 Å². The molecule has 9 heteroatoms. The predicted molar refractivity (Wildman–Crippen MR) is 105 cm³/mol. The molecule has 0 spiro atoms. The molecule has 1 unspecified atom stereocenters. The largest absolute Gasteiger partial charge is 0.358 e. The summed E-state index contributed by atoms with van der Waals surface area (Å²) in [6, 6.07) is 0.383. The van der Waals surface area contributed by atoms with Gasteiger partial charge in [0.1, 0.15) is 0 Å². The third-order valence-electron chi connectivity index (χ3n) is 3.77. The molecule has 0 saturated carbocycles. The van der Waals surface area contributed by atoms with Gasteiger partial charge in [0.15, 0.2) is 9.45 Å². The lowest BCUT2D eigenvalue weighted by Gasteiger charge is -2.44. The van der Waals surface area contributed by atoms with Crippen molar-refractivity contribution in [2.24, 2.45) is 0 Å². The summed E-state index contributed by atoms with van der Waals surface area (Å²) in [5, 5.41) is 15.6. The van der Waals surface area contributed by atoms with E-state index in [1.165, 1.54) is 11.3 Å². The summed E-state index contributed by atoms with van der Waals surface area (Å²) in [7, 11) is 0. The zero-order chi connectivity index (χ0) is 17.7. The highest BCUT2D eigenvalue weighted by Gasteiger charge is 2.32. The third kappa shape index (κ3) is 5.56. The Hall–Kier alpha value is -0.930. The van der Waals surface area contributed by atoms with Gasteiger partial charge in [-0.05, 0) is 51.6 Å². The number of nitrogens with zero attached hydrogens (tertiary/aromatic N) is 3. The zero-order valence-corrected chi connectivity index (χ0v) is 17.0. The van der Waals surface area contributed by atoms with Crippen molar-refractivity contribution in [3.8, 4) is 0 Å². The first-order valence-corrected chi connectivity index (χ1v) is 10.4. The fraction of sp³-hybridized carbons (Fsp3) is 0.733. The lowest BCUT2D eigenvalue weighted by Crippen LogP contribution is -2.60. The fourth-order valence-electron chi connectivity index (χ4n) is 2.82. The van der Waals surface area contributed by atoms with E-state index in [4.69, 9.17) is 12.2 Å². The van der Waals surface area contributed by atoms with Gasteiger partial charge in [0.2, 0.25) is 11.0 Å². The van der Waals surface area contributed by atoms with Crippen molar-refractivity contribution in [1.82, 2.24) is 20.4 Å². The van der Waals surface area contributed by atoms with E-state index < -0.39 is 0 Å². The molecule has 6 nitrogen and oxygen atoms in total. The Kier molecular flexibility index (Phi) is 6.82. The molecule has 1 aliphatic heterocycles. The van der Waals surface area contributed by atoms with Gasteiger partial charge in [-0.2, -0.15) is 0 Å². The van der Waals surface area contributed by atoms with Gasteiger partial charge >= 0.3 is 0 Å². The van der Waals surface area contributed by atoms with Crippen molar-refractivity contribution in [2.75, 3.05) is 17.6 Å². The van der Waals surface area contributed by atoms with Crippen molar-refractivity contribution in [3.05, 3.63) is 0 Å². The van der Waals surface area contributed by atoms with Crippen molar-refractivity contribution in [1.29, 1.82) is 0 Å². The molecule has 134 valence electrons. The van der Waals surface area contributed by atoms with Crippen LogP contribution in [-0.4, -0.2) is 50.0 Å². The summed E-state index contributed by atoms with van der Waals surface area (Å²) in [5.41, 5.74) is 0.0381. The number of carbonyl (C=O) groups is 1. The average Bonchev–Trinajstić information content (AvgIpc) is 2.88. The second kappa shape index (κ2) is 8.44. The SMILES string of the molecule is CCSc1nnc(NC(=O)CCCN2C(=S)NC(C)(C)CC2C)s1. The molecule has 1 aromatic rings. The van der Waals surface area contributed by atoms with Crippen LogP contribution in [-0.2, 0) is 4.79 Å². The number of hydrogen-bond donors (Lipinski definition) is 2. The lowest BCUT2D eigenvalue weighted by atomic mass is 9.93. The Balaban J connectivity index is 1.75. The number of hydrogen-bond acceptors (Lipinski definition) is 6. The molecular formula is C15H25N5OS3. The van der Waals surface area contributed by atoms with Gasteiger partial charge in [-0.15, -0.1) is 10.2 Å². The van der Waals surface area contributed by atoms with Gasteiger partial charge in [-0.1, -0.05) is 30.0 Å². The van der Waals surface area contributed by atoms with Crippen LogP contribution in [0.25, 0.3) is 0 Å². The van der Waals surface area contributed by atoms with Crippen molar-refractivity contribution >= 4 is 51.5 Å². The highest BCUT2D eigenvalue weighted by atomic mass is 32.2. The summed E-state index contributed by atoms with van der Waals surface area (Å²) in [6.45, 7) is 9.35. The second-order valence-electron chi connectivity index (χ2n) is 6.52. The number of anilines is 1. The Morgan fingerprint density at radius 3 is 2.96 bits per heavy atom. The molecule has 2 heterocycles. The van der Waals surface area contributed by atoms with E-state index in [0.717, 1.165) is 34.6 Å². The Bertz CT molecular complexity index is 589. The van der Waals surface area contributed by atoms with Gasteiger partial charge in [0, 0.05) is 24.5 Å². The summed E-state index contributed by atoms with van der Waals surface area (Å²) in [4.78, 5) is 14.2. The highest BCUT2D eigenvalue weighted by molar-refractivity contribution is 8.01. The normalized spacial score (nSPS) is 19.9. The molecule has 0 radical (unpaired) electrons. The lowest BCUT2D eigenvalue weighted by molar-refractivity contribution is -0.116. The predicted octanol–water partition coefficient (Wildman–Crippen LogP) is 3.12. The molecule has 0 aliphatic carbocycles. The van der Waals surface area contributed by atoms with E-state index in [9.17, 15) is 4.79 Å². The fourth-order valence-corrected chi connectivity index (χ4v) is 5.03. The smallest absolute Gasteiger partial charge is 0.226 e. The van der Waals surface area contributed by atoms with E-state index in [-0.39, 0.29) is 11.4 Å². The standard InChI is InChI=1S/C15H25N5OS3/c1-5-23-14-19-18-12(24-14)16-11(21)7-6-8-20-10(2)9-15(3,4)17-13(20)22/h10H,5-9H2,1-4H3,(H,17,22)(H,16,18,21). The van der Waals surface area contributed by atoms with E-state index in [1.807, 2.05) is 0 Å². The number of thiocarbonyl (C=S) groups is 1. The molecule has 1 amide bonds. The maximum atomic E-state index is 12.0. The van der Waals surface area contributed by atoms with Crippen LogP contribution >= 0.6 is 35.3 Å². The first-order chi connectivity index (χ1) is 11.3. The molecular weight excluding hydrogens is 362 g/mol. The molecule has 1 atom stereocenters. The Morgan fingerprint density at radius 1 is 1.54 bits per heavy atom. The molecule has 1 aromatic heterocycles. The minimum Gasteiger partial charge on any atom is -0.358 e. The summed E-state index contributed by atoms with van der Waals surface area (Å²) >= 11 is 8.50. The molecule has 0 bridgehead atoms. The average molecular weight is 388 g/mol. The number of amides is 1. The van der Waals surface area contributed by atoms with Crippen LogP contribution < -0.4 is 10.6 Å². The maximum absolute atomic E-state index is 12.0. The Labute approximate surface area is 157 Å². The minimum atomic E-state index is -0.0249.